The summed E-state index contributed by atoms with van der Waals surface area (Å²) in [5.74, 6) is -0.0311. The molecule has 1 aliphatic rings. The molecule has 1 unspecified atom stereocenters. The Morgan fingerprint density at radius 3 is 2.89 bits per heavy atom. The Kier molecular flexibility index (Phi) is 5.24. The lowest BCUT2D eigenvalue weighted by molar-refractivity contribution is -0.0324. The van der Waals surface area contributed by atoms with Crippen molar-refractivity contribution in [2.24, 2.45) is 7.05 Å². The number of ether oxygens (including phenoxy) is 1. The highest BCUT2D eigenvalue weighted by Crippen LogP contribution is 2.29. The zero-order valence-corrected chi connectivity index (χ0v) is 16.7. The van der Waals surface area contributed by atoms with E-state index in [4.69, 9.17) is 4.74 Å². The number of benzene rings is 1. The number of fused-ring (bicyclic) bond motifs is 1. The number of carbonyl (C=O) groups excluding carboxylic acids is 1. The van der Waals surface area contributed by atoms with E-state index in [1.54, 1.807) is 11.6 Å². The molecule has 28 heavy (non-hydrogen) atoms. The number of nitrogens with zero attached hydrogens (tertiary/aromatic N) is 4. The smallest absolute Gasteiger partial charge is 0.178 e. The molecule has 0 saturated carbocycles. The van der Waals surface area contributed by atoms with Gasteiger partial charge >= 0.3 is 0 Å². The van der Waals surface area contributed by atoms with Crippen molar-refractivity contribution < 1.29 is 9.53 Å². The summed E-state index contributed by atoms with van der Waals surface area (Å²) in [6.07, 6.45) is 5.14. The summed E-state index contributed by atoms with van der Waals surface area (Å²) >= 11 is 0. The van der Waals surface area contributed by atoms with Gasteiger partial charge in [-0.25, -0.2) is 4.98 Å². The van der Waals surface area contributed by atoms with Crippen LogP contribution in [0.1, 0.15) is 36.3 Å². The SMILES string of the molecule is CCC1CN(Cc2ccc3c(-c4cnn(C)c4)cc(C(C)=O)nc3c2)CCO1. The Bertz CT molecular complexity index is 1010. The van der Waals surface area contributed by atoms with E-state index in [9.17, 15) is 4.79 Å². The van der Waals surface area contributed by atoms with E-state index in [0.29, 0.717) is 11.8 Å². The summed E-state index contributed by atoms with van der Waals surface area (Å²) in [7, 11) is 1.89. The summed E-state index contributed by atoms with van der Waals surface area (Å²) in [6, 6.07) is 8.25. The van der Waals surface area contributed by atoms with Crippen LogP contribution in [0, 0.1) is 0 Å². The molecule has 6 heteroatoms. The van der Waals surface area contributed by atoms with Crippen LogP contribution in [0.3, 0.4) is 0 Å². The molecule has 1 aromatic carbocycles. The molecule has 1 fully saturated rings. The maximum Gasteiger partial charge on any atom is 0.178 e. The van der Waals surface area contributed by atoms with E-state index >= 15 is 0 Å². The van der Waals surface area contributed by atoms with Crippen LogP contribution in [0.4, 0.5) is 0 Å². The van der Waals surface area contributed by atoms with Gasteiger partial charge in [0.25, 0.3) is 0 Å². The van der Waals surface area contributed by atoms with Gasteiger partial charge in [-0.2, -0.15) is 5.10 Å². The first-order valence-electron chi connectivity index (χ1n) is 9.81. The second-order valence-corrected chi connectivity index (χ2v) is 7.50. The van der Waals surface area contributed by atoms with E-state index in [2.05, 4.69) is 40.1 Å². The summed E-state index contributed by atoms with van der Waals surface area (Å²) in [4.78, 5) is 19.1. The lowest BCUT2D eigenvalue weighted by atomic mass is 10.00. The number of hydrogen-bond acceptors (Lipinski definition) is 5. The third-order valence-corrected chi connectivity index (χ3v) is 5.34. The number of aryl methyl sites for hydroxylation is 1. The highest BCUT2D eigenvalue weighted by molar-refractivity contribution is 6.01. The third-order valence-electron chi connectivity index (χ3n) is 5.34. The molecule has 0 amide bonds. The van der Waals surface area contributed by atoms with Gasteiger partial charge in [0, 0.05) is 50.8 Å². The van der Waals surface area contributed by atoms with Crippen LogP contribution >= 0.6 is 0 Å². The van der Waals surface area contributed by atoms with Crippen LogP contribution < -0.4 is 0 Å². The zero-order valence-electron chi connectivity index (χ0n) is 16.7. The second kappa shape index (κ2) is 7.81. The van der Waals surface area contributed by atoms with Gasteiger partial charge < -0.3 is 4.74 Å². The standard InChI is InChI=1S/C22H26N4O2/c1-4-18-14-26(7-8-28-18)12-16-5-6-19-20(17-11-23-25(3)13-17)10-21(15(2)27)24-22(19)9-16/h5-6,9-11,13,18H,4,7-8,12,14H2,1-3H3. The third kappa shape index (κ3) is 3.84. The maximum atomic E-state index is 12.0. The quantitative estimate of drug-likeness (QED) is 0.637. The molecule has 1 saturated heterocycles. The molecule has 1 atom stereocenters. The highest BCUT2D eigenvalue weighted by atomic mass is 16.5. The zero-order chi connectivity index (χ0) is 19.7. The minimum Gasteiger partial charge on any atom is -0.376 e. The Balaban J connectivity index is 1.71. The number of carbonyl (C=O) groups is 1. The van der Waals surface area contributed by atoms with Crippen LogP contribution in [0.15, 0.2) is 36.7 Å². The Morgan fingerprint density at radius 1 is 1.32 bits per heavy atom. The predicted octanol–water partition coefficient (Wildman–Crippen LogP) is 3.45. The fourth-order valence-corrected chi connectivity index (χ4v) is 3.78. The van der Waals surface area contributed by atoms with Gasteiger partial charge in [0.05, 0.1) is 24.4 Å². The molecule has 0 bridgehead atoms. The highest BCUT2D eigenvalue weighted by Gasteiger charge is 2.19. The van der Waals surface area contributed by atoms with Crippen molar-refractivity contribution in [3.05, 3.63) is 47.9 Å². The number of morpholine rings is 1. The normalized spacial score (nSPS) is 17.9. The maximum absolute atomic E-state index is 12.0. The summed E-state index contributed by atoms with van der Waals surface area (Å²) in [5.41, 5.74) is 4.52. The number of Topliss-reactive ketones (excluding diaryl/α,β-unsaturated/α-hetero) is 1. The monoisotopic (exact) mass is 378 g/mol. The van der Waals surface area contributed by atoms with Crippen LogP contribution in [0.25, 0.3) is 22.0 Å². The van der Waals surface area contributed by atoms with Gasteiger partial charge in [-0.05, 0) is 29.7 Å². The molecule has 0 spiro atoms. The first-order valence-corrected chi connectivity index (χ1v) is 9.81. The van der Waals surface area contributed by atoms with Crippen LogP contribution in [0.5, 0.6) is 0 Å². The summed E-state index contributed by atoms with van der Waals surface area (Å²) in [6.45, 7) is 7.27. The molecule has 3 aromatic rings. The van der Waals surface area contributed by atoms with E-state index in [-0.39, 0.29) is 5.78 Å². The molecule has 0 N–H and O–H groups in total. The lowest BCUT2D eigenvalue weighted by Crippen LogP contribution is -2.41. The van der Waals surface area contributed by atoms with Crippen molar-refractivity contribution in [3.8, 4) is 11.1 Å². The Hall–Kier alpha value is -2.57. The van der Waals surface area contributed by atoms with Gasteiger partial charge in [0.2, 0.25) is 0 Å². The first kappa shape index (κ1) is 18.8. The van der Waals surface area contributed by atoms with Gasteiger partial charge in [-0.3, -0.25) is 14.4 Å². The molecular weight excluding hydrogens is 352 g/mol. The molecule has 146 valence electrons. The summed E-state index contributed by atoms with van der Waals surface area (Å²) in [5, 5.41) is 5.31. The minimum atomic E-state index is -0.0311. The number of hydrogen-bond donors (Lipinski definition) is 0. The number of rotatable bonds is 5. The molecule has 0 radical (unpaired) electrons. The average molecular weight is 378 g/mol. The van der Waals surface area contributed by atoms with E-state index < -0.39 is 0 Å². The van der Waals surface area contributed by atoms with Gasteiger partial charge in [0.1, 0.15) is 5.69 Å². The Morgan fingerprint density at radius 2 is 2.18 bits per heavy atom. The first-order chi connectivity index (χ1) is 13.5. The molecule has 3 heterocycles. The fraction of sp³-hybridized carbons (Fsp3) is 0.409. The lowest BCUT2D eigenvalue weighted by Gasteiger charge is -2.32. The van der Waals surface area contributed by atoms with Crippen LogP contribution in [-0.2, 0) is 18.3 Å². The van der Waals surface area contributed by atoms with Crippen molar-refractivity contribution in [2.75, 3.05) is 19.7 Å². The predicted molar refractivity (Wildman–Crippen MR) is 109 cm³/mol. The second-order valence-electron chi connectivity index (χ2n) is 7.50. The van der Waals surface area contributed by atoms with Crippen LogP contribution in [-0.4, -0.2) is 51.2 Å². The van der Waals surface area contributed by atoms with Crippen molar-refractivity contribution in [3.63, 3.8) is 0 Å². The number of pyridine rings is 1. The van der Waals surface area contributed by atoms with Gasteiger partial charge in [0.15, 0.2) is 5.78 Å². The van der Waals surface area contributed by atoms with Crippen molar-refractivity contribution >= 4 is 16.7 Å². The summed E-state index contributed by atoms with van der Waals surface area (Å²) < 4.78 is 7.54. The molecule has 4 rings (SSSR count). The van der Waals surface area contributed by atoms with Crippen molar-refractivity contribution in [2.45, 2.75) is 32.9 Å². The largest absolute Gasteiger partial charge is 0.376 e. The molecular formula is C22H26N4O2. The minimum absolute atomic E-state index is 0.0311. The topological polar surface area (TPSA) is 60.2 Å². The average Bonchev–Trinajstić information content (AvgIpc) is 3.13. The Labute approximate surface area is 165 Å². The number of ketones is 1. The fourth-order valence-electron chi connectivity index (χ4n) is 3.78. The molecule has 2 aromatic heterocycles. The molecule has 6 nitrogen and oxygen atoms in total. The van der Waals surface area contributed by atoms with Crippen LogP contribution in [0.2, 0.25) is 0 Å². The van der Waals surface area contributed by atoms with Gasteiger partial charge in [-0.1, -0.05) is 19.1 Å². The van der Waals surface area contributed by atoms with Crippen molar-refractivity contribution in [1.29, 1.82) is 0 Å². The molecule has 0 aliphatic carbocycles. The van der Waals surface area contributed by atoms with E-state index in [1.165, 1.54) is 5.56 Å². The number of aromatic nitrogens is 3. The van der Waals surface area contributed by atoms with E-state index in [0.717, 1.165) is 54.7 Å². The molecule has 1 aliphatic heterocycles. The van der Waals surface area contributed by atoms with Crippen molar-refractivity contribution in [1.82, 2.24) is 19.7 Å². The van der Waals surface area contributed by atoms with E-state index in [1.807, 2.05) is 25.5 Å². The van der Waals surface area contributed by atoms with Gasteiger partial charge in [-0.15, -0.1) is 0 Å².